The Morgan fingerprint density at radius 2 is 2.26 bits per heavy atom. The van der Waals surface area contributed by atoms with E-state index in [9.17, 15) is 5.11 Å². The summed E-state index contributed by atoms with van der Waals surface area (Å²) in [7, 11) is 1.53. The molecule has 0 aromatic heterocycles. The van der Waals surface area contributed by atoms with Crippen LogP contribution in [0.2, 0.25) is 5.02 Å². The van der Waals surface area contributed by atoms with E-state index in [1.54, 1.807) is 12.1 Å². The number of nitrogens with zero attached hydrogens (tertiary/aromatic N) is 1. The number of benzene rings is 1. The van der Waals surface area contributed by atoms with Crippen LogP contribution >= 0.6 is 11.6 Å². The van der Waals surface area contributed by atoms with E-state index in [-0.39, 0.29) is 5.75 Å². The molecule has 2 rings (SSSR count). The van der Waals surface area contributed by atoms with Gasteiger partial charge in [-0.15, -0.1) is 0 Å². The molecule has 1 aliphatic rings. The molecular weight excluding hydrogens is 264 g/mol. The lowest BCUT2D eigenvalue weighted by atomic mass is 10.0. The summed E-state index contributed by atoms with van der Waals surface area (Å²) in [4.78, 5) is 2.31. The topological polar surface area (TPSA) is 58.7 Å². The summed E-state index contributed by atoms with van der Waals surface area (Å²) in [6, 6.07) is 3.80. The van der Waals surface area contributed by atoms with Crippen LogP contribution in [0.4, 0.5) is 0 Å². The van der Waals surface area contributed by atoms with Crippen molar-refractivity contribution < 1.29 is 9.84 Å². The summed E-state index contributed by atoms with van der Waals surface area (Å²) >= 11 is 6.05. The van der Waals surface area contributed by atoms with Gasteiger partial charge in [-0.2, -0.15) is 0 Å². The van der Waals surface area contributed by atoms with Crippen molar-refractivity contribution in [1.29, 1.82) is 0 Å². The molecule has 0 saturated carbocycles. The van der Waals surface area contributed by atoms with Crippen molar-refractivity contribution in [2.24, 2.45) is 5.73 Å². The van der Waals surface area contributed by atoms with E-state index in [1.165, 1.54) is 20.0 Å². The molecule has 19 heavy (non-hydrogen) atoms. The first-order chi connectivity index (χ1) is 9.15. The second-order valence-electron chi connectivity index (χ2n) is 4.97. The van der Waals surface area contributed by atoms with Crippen LogP contribution in [-0.2, 0) is 6.54 Å². The van der Waals surface area contributed by atoms with E-state index < -0.39 is 0 Å². The molecule has 1 unspecified atom stereocenters. The van der Waals surface area contributed by atoms with E-state index >= 15 is 0 Å². The third kappa shape index (κ3) is 3.32. The summed E-state index contributed by atoms with van der Waals surface area (Å²) in [6.45, 7) is 2.32. The van der Waals surface area contributed by atoms with Gasteiger partial charge in [-0.3, -0.25) is 4.90 Å². The Balaban J connectivity index is 2.20. The first-order valence-electron chi connectivity index (χ1n) is 6.65. The number of aromatic hydroxyl groups is 1. The minimum atomic E-state index is 0.174. The molecular formula is C14H21ClN2O2. The van der Waals surface area contributed by atoms with Gasteiger partial charge in [0, 0.05) is 35.8 Å². The molecule has 0 amide bonds. The number of ether oxygens (including phenoxy) is 1. The van der Waals surface area contributed by atoms with Crippen molar-refractivity contribution in [3.63, 3.8) is 0 Å². The number of methoxy groups -OCH3 is 1. The van der Waals surface area contributed by atoms with Gasteiger partial charge in [0.05, 0.1) is 7.11 Å². The standard InChI is InChI=1S/C14H21ClN2O2/c1-19-13-7-11(15)6-10(14(13)18)9-17-5-3-2-4-12(17)8-16/h6-7,12,18H,2-5,8-9,16H2,1H3. The van der Waals surface area contributed by atoms with E-state index in [0.29, 0.717) is 29.9 Å². The molecule has 1 atom stereocenters. The van der Waals surface area contributed by atoms with Gasteiger partial charge in [0.15, 0.2) is 11.5 Å². The van der Waals surface area contributed by atoms with Gasteiger partial charge in [-0.1, -0.05) is 18.0 Å². The predicted molar refractivity (Wildman–Crippen MR) is 76.8 cm³/mol. The molecule has 1 saturated heterocycles. The number of phenols is 1. The highest BCUT2D eigenvalue weighted by Gasteiger charge is 2.22. The average molecular weight is 285 g/mol. The van der Waals surface area contributed by atoms with Crippen molar-refractivity contribution in [2.45, 2.75) is 31.8 Å². The first kappa shape index (κ1) is 14.4. The van der Waals surface area contributed by atoms with Gasteiger partial charge in [0.1, 0.15) is 0 Å². The smallest absolute Gasteiger partial charge is 0.162 e. The summed E-state index contributed by atoms with van der Waals surface area (Å²) in [6.07, 6.45) is 3.52. The predicted octanol–water partition coefficient (Wildman–Crippen LogP) is 2.37. The molecule has 4 nitrogen and oxygen atoms in total. The van der Waals surface area contributed by atoms with Gasteiger partial charge in [-0.05, 0) is 25.5 Å². The highest BCUT2D eigenvalue weighted by Crippen LogP contribution is 2.35. The van der Waals surface area contributed by atoms with Crippen LogP contribution < -0.4 is 10.5 Å². The zero-order valence-corrected chi connectivity index (χ0v) is 12.0. The average Bonchev–Trinajstić information content (AvgIpc) is 2.43. The zero-order chi connectivity index (χ0) is 13.8. The lowest BCUT2D eigenvalue weighted by Gasteiger charge is -2.35. The molecule has 1 aromatic carbocycles. The fourth-order valence-electron chi connectivity index (χ4n) is 2.66. The molecule has 1 aromatic rings. The SMILES string of the molecule is COc1cc(Cl)cc(CN2CCCCC2CN)c1O. The number of nitrogens with two attached hydrogens (primary N) is 1. The van der Waals surface area contributed by atoms with E-state index in [0.717, 1.165) is 18.5 Å². The molecule has 1 heterocycles. The van der Waals surface area contributed by atoms with Gasteiger partial charge < -0.3 is 15.6 Å². The lowest BCUT2D eigenvalue weighted by Crippen LogP contribution is -2.43. The number of hydrogen-bond acceptors (Lipinski definition) is 4. The van der Waals surface area contributed by atoms with Crippen LogP contribution in [0.3, 0.4) is 0 Å². The van der Waals surface area contributed by atoms with Crippen LogP contribution in [0.1, 0.15) is 24.8 Å². The Morgan fingerprint density at radius 3 is 2.95 bits per heavy atom. The van der Waals surface area contributed by atoms with Crippen LogP contribution in [0, 0.1) is 0 Å². The Kier molecular flexibility index (Phi) is 4.91. The maximum absolute atomic E-state index is 10.2. The molecule has 1 fully saturated rings. The van der Waals surface area contributed by atoms with Crippen LogP contribution in [0.25, 0.3) is 0 Å². The maximum atomic E-state index is 10.2. The van der Waals surface area contributed by atoms with Crippen LogP contribution in [0.5, 0.6) is 11.5 Å². The summed E-state index contributed by atoms with van der Waals surface area (Å²) in [5.74, 6) is 0.594. The van der Waals surface area contributed by atoms with Crippen molar-refractivity contribution in [3.8, 4) is 11.5 Å². The maximum Gasteiger partial charge on any atom is 0.162 e. The number of likely N-dealkylation sites (tertiary alicyclic amines) is 1. The Labute approximate surface area is 119 Å². The van der Waals surface area contributed by atoms with Crippen LogP contribution in [0.15, 0.2) is 12.1 Å². The third-order valence-electron chi connectivity index (χ3n) is 3.73. The zero-order valence-electron chi connectivity index (χ0n) is 11.2. The summed E-state index contributed by atoms with van der Waals surface area (Å²) in [5.41, 5.74) is 6.61. The monoisotopic (exact) mass is 284 g/mol. The highest BCUT2D eigenvalue weighted by atomic mass is 35.5. The van der Waals surface area contributed by atoms with Gasteiger partial charge in [0.2, 0.25) is 0 Å². The summed E-state index contributed by atoms with van der Waals surface area (Å²) < 4.78 is 5.13. The first-order valence-corrected chi connectivity index (χ1v) is 7.03. The molecule has 0 radical (unpaired) electrons. The number of halogens is 1. The van der Waals surface area contributed by atoms with Gasteiger partial charge in [0.25, 0.3) is 0 Å². The molecule has 3 N–H and O–H groups in total. The fourth-order valence-corrected chi connectivity index (χ4v) is 2.89. The molecule has 106 valence electrons. The van der Waals surface area contributed by atoms with Gasteiger partial charge in [-0.25, -0.2) is 0 Å². The normalized spacial score (nSPS) is 20.5. The highest BCUT2D eigenvalue weighted by molar-refractivity contribution is 6.30. The van der Waals surface area contributed by atoms with Gasteiger partial charge >= 0.3 is 0 Å². The lowest BCUT2D eigenvalue weighted by molar-refractivity contribution is 0.143. The van der Waals surface area contributed by atoms with Crippen LogP contribution in [-0.4, -0.2) is 36.2 Å². The Hall–Kier alpha value is -0.970. The number of phenolic OH excluding ortho intramolecular Hbond substituents is 1. The molecule has 0 spiro atoms. The molecule has 0 bridgehead atoms. The Morgan fingerprint density at radius 1 is 1.47 bits per heavy atom. The minimum Gasteiger partial charge on any atom is -0.504 e. The number of hydrogen-bond donors (Lipinski definition) is 2. The fraction of sp³-hybridized carbons (Fsp3) is 0.571. The van der Waals surface area contributed by atoms with E-state index in [2.05, 4.69) is 4.90 Å². The van der Waals surface area contributed by atoms with E-state index in [4.69, 9.17) is 22.1 Å². The second kappa shape index (κ2) is 6.46. The van der Waals surface area contributed by atoms with E-state index in [1.807, 2.05) is 0 Å². The van der Waals surface area contributed by atoms with Crippen molar-refractivity contribution >= 4 is 11.6 Å². The second-order valence-corrected chi connectivity index (χ2v) is 5.41. The molecule has 5 heteroatoms. The number of rotatable bonds is 4. The molecule has 0 aliphatic carbocycles. The quantitative estimate of drug-likeness (QED) is 0.891. The van der Waals surface area contributed by atoms with Crippen molar-refractivity contribution in [1.82, 2.24) is 4.90 Å². The van der Waals surface area contributed by atoms with Crippen molar-refractivity contribution in [2.75, 3.05) is 20.2 Å². The Bertz CT molecular complexity index is 440. The number of piperidine rings is 1. The van der Waals surface area contributed by atoms with Crippen molar-refractivity contribution in [3.05, 3.63) is 22.7 Å². The third-order valence-corrected chi connectivity index (χ3v) is 3.95. The minimum absolute atomic E-state index is 0.174. The largest absolute Gasteiger partial charge is 0.504 e. The molecule has 1 aliphatic heterocycles. The summed E-state index contributed by atoms with van der Waals surface area (Å²) in [5, 5.41) is 10.7.